The van der Waals surface area contributed by atoms with E-state index in [1.165, 1.54) is 13.8 Å². The van der Waals surface area contributed by atoms with Gasteiger partial charge in [0.1, 0.15) is 30.2 Å². The Morgan fingerprint density at radius 2 is 1.46 bits per heavy atom. The number of nitrogens with two attached hydrogens (primary N) is 3. The molecular formula is C39H52N10O10. The molecule has 0 unspecified atom stereocenters. The van der Waals surface area contributed by atoms with Crippen molar-refractivity contribution in [2.45, 2.75) is 94.4 Å². The minimum Gasteiger partial charge on any atom is -0.391 e. The number of aromatic nitrogens is 1. The Kier molecular flexibility index (Phi) is 16.0. The van der Waals surface area contributed by atoms with Crippen LogP contribution < -0.4 is 43.8 Å². The lowest BCUT2D eigenvalue weighted by Crippen LogP contribution is -2.61. The van der Waals surface area contributed by atoms with E-state index < -0.39 is 109 Å². The lowest BCUT2D eigenvalue weighted by atomic mass is 10.0. The molecule has 2 aromatic carbocycles. The van der Waals surface area contributed by atoms with Gasteiger partial charge in [0.05, 0.1) is 31.2 Å². The molecule has 0 spiro atoms. The molecule has 14 N–H and O–H groups in total. The van der Waals surface area contributed by atoms with Gasteiger partial charge in [0.2, 0.25) is 47.3 Å². The average molecular weight is 821 g/mol. The number of amides is 8. The van der Waals surface area contributed by atoms with Gasteiger partial charge in [-0.1, -0.05) is 48.5 Å². The van der Waals surface area contributed by atoms with Crippen molar-refractivity contribution in [2.75, 3.05) is 13.1 Å². The Morgan fingerprint density at radius 3 is 2.10 bits per heavy atom. The second-order valence-electron chi connectivity index (χ2n) is 14.5. The van der Waals surface area contributed by atoms with Crippen molar-refractivity contribution in [3.63, 3.8) is 0 Å². The number of nitrogens with one attached hydrogen (secondary N) is 6. The Morgan fingerprint density at radius 1 is 0.797 bits per heavy atom. The third-order valence-corrected chi connectivity index (χ3v) is 9.82. The molecule has 0 saturated carbocycles. The van der Waals surface area contributed by atoms with Gasteiger partial charge in [-0.05, 0) is 50.3 Å². The van der Waals surface area contributed by atoms with Crippen LogP contribution in [0.4, 0.5) is 0 Å². The van der Waals surface area contributed by atoms with Crippen molar-refractivity contribution >= 4 is 58.2 Å². The van der Waals surface area contributed by atoms with Crippen LogP contribution in [0.25, 0.3) is 10.9 Å². The lowest BCUT2D eigenvalue weighted by Gasteiger charge is -2.31. The maximum atomic E-state index is 13.8. The SMILES string of the molecule is C[C@@H](O)[C@H](NC(=O)CNC(=O)[C@H](Cc1c[nH]c2ccccc12)NC(=O)[C@H](CC(N)=O)NC(=O)[C@@H]1CCCN1C(=O)[C@@H](NC(=O)[C@@H](N)Cc1ccccc1)[C@@H](C)O)C(N)=O. The van der Waals surface area contributed by atoms with Crippen LogP contribution in [0.2, 0.25) is 0 Å². The number of carbonyl (C=O) groups is 8. The standard InChI is InChI=1S/C39H52N10O10/c1-20(50)32(34(42)54)47-31(53)19-44-36(56)27(16-23-18-43-26-12-7-6-11-24(23)26)45-37(57)28(17-30(41)52)46-38(58)29-13-8-14-49(29)39(59)33(21(2)51)48-35(55)25(40)15-22-9-4-3-5-10-22/h3-7,9-12,18,20-21,25,27-29,32-33,43,50-51H,8,13-17,19,40H2,1-2H3,(H2,41,52)(H2,42,54)(H,44,56)(H,45,57)(H,46,58)(H,47,53)(H,48,55)/t20-,21-,25+,27+,28+,29+,32+,33+/m1/s1. The summed E-state index contributed by atoms with van der Waals surface area (Å²) in [6.07, 6.45) is -1.29. The van der Waals surface area contributed by atoms with Gasteiger partial charge < -0.3 is 63.9 Å². The first kappa shape index (κ1) is 45.3. The van der Waals surface area contributed by atoms with Crippen molar-refractivity contribution in [1.29, 1.82) is 0 Å². The average Bonchev–Trinajstić information content (AvgIpc) is 3.85. The molecule has 0 bridgehead atoms. The van der Waals surface area contributed by atoms with Crippen molar-refractivity contribution < 1.29 is 48.6 Å². The first-order chi connectivity index (χ1) is 28.0. The maximum absolute atomic E-state index is 13.8. The second-order valence-corrected chi connectivity index (χ2v) is 14.5. The van der Waals surface area contributed by atoms with Crippen LogP contribution in [0.15, 0.2) is 60.8 Å². The number of para-hydroxylation sites is 1. The molecule has 0 aliphatic carbocycles. The molecule has 4 rings (SSSR count). The summed E-state index contributed by atoms with van der Waals surface area (Å²) in [5, 5.41) is 33.1. The van der Waals surface area contributed by atoms with Crippen LogP contribution in [0.3, 0.4) is 0 Å². The van der Waals surface area contributed by atoms with E-state index in [-0.39, 0.29) is 25.8 Å². The van der Waals surface area contributed by atoms with E-state index in [4.69, 9.17) is 17.2 Å². The van der Waals surface area contributed by atoms with Crippen LogP contribution in [0.5, 0.6) is 0 Å². The molecule has 20 heteroatoms. The molecule has 0 radical (unpaired) electrons. The monoisotopic (exact) mass is 820 g/mol. The highest BCUT2D eigenvalue weighted by molar-refractivity contribution is 5.98. The van der Waals surface area contributed by atoms with E-state index >= 15 is 0 Å². The van der Waals surface area contributed by atoms with E-state index in [9.17, 15) is 48.6 Å². The van der Waals surface area contributed by atoms with E-state index in [0.717, 1.165) is 21.4 Å². The number of H-pyrrole nitrogens is 1. The highest BCUT2D eigenvalue weighted by atomic mass is 16.3. The Labute approximate surface area is 339 Å². The van der Waals surface area contributed by atoms with Crippen LogP contribution in [-0.4, -0.2) is 129 Å². The number of benzene rings is 2. The molecule has 59 heavy (non-hydrogen) atoms. The van der Waals surface area contributed by atoms with E-state index in [2.05, 4.69) is 31.6 Å². The molecule has 318 valence electrons. The molecule has 3 aromatic rings. The minimum atomic E-state index is -1.63. The maximum Gasteiger partial charge on any atom is 0.248 e. The Hall–Kier alpha value is -6.38. The largest absolute Gasteiger partial charge is 0.391 e. The van der Waals surface area contributed by atoms with Crippen LogP contribution >= 0.6 is 0 Å². The van der Waals surface area contributed by atoms with Gasteiger partial charge >= 0.3 is 0 Å². The number of likely N-dealkylation sites (tertiary alicyclic amines) is 1. The third kappa shape index (κ3) is 12.6. The fourth-order valence-electron chi connectivity index (χ4n) is 6.72. The summed E-state index contributed by atoms with van der Waals surface area (Å²) in [5.74, 6) is -7.04. The number of aliphatic hydroxyl groups is 2. The Balaban J connectivity index is 1.49. The molecule has 1 fully saturated rings. The number of hydrogen-bond donors (Lipinski definition) is 11. The topological polar surface area (TPSA) is 334 Å². The van der Waals surface area contributed by atoms with Crippen LogP contribution in [-0.2, 0) is 51.2 Å². The zero-order valence-corrected chi connectivity index (χ0v) is 32.7. The highest BCUT2D eigenvalue weighted by Gasteiger charge is 2.41. The molecule has 1 saturated heterocycles. The number of carbonyl (C=O) groups excluding carboxylic acids is 8. The number of fused-ring (bicyclic) bond motifs is 1. The fourth-order valence-corrected chi connectivity index (χ4v) is 6.72. The van der Waals surface area contributed by atoms with Crippen LogP contribution in [0.1, 0.15) is 44.2 Å². The Bertz CT molecular complexity index is 2010. The first-order valence-electron chi connectivity index (χ1n) is 19.0. The minimum absolute atomic E-state index is 0.0661. The molecule has 2 heterocycles. The predicted octanol–water partition coefficient (Wildman–Crippen LogP) is -3.55. The van der Waals surface area contributed by atoms with Crippen molar-refractivity contribution in [3.8, 4) is 0 Å². The number of primary amides is 2. The van der Waals surface area contributed by atoms with E-state index in [1.807, 2.05) is 6.07 Å². The van der Waals surface area contributed by atoms with Crippen molar-refractivity contribution in [3.05, 3.63) is 71.9 Å². The number of hydrogen-bond acceptors (Lipinski definition) is 11. The number of aliphatic hydroxyl groups excluding tert-OH is 2. The summed E-state index contributed by atoms with van der Waals surface area (Å²) >= 11 is 0. The van der Waals surface area contributed by atoms with Gasteiger partial charge in [-0.15, -0.1) is 0 Å². The number of aromatic amines is 1. The van der Waals surface area contributed by atoms with Crippen LogP contribution in [0, 0.1) is 0 Å². The highest BCUT2D eigenvalue weighted by Crippen LogP contribution is 2.21. The zero-order chi connectivity index (χ0) is 43.4. The summed E-state index contributed by atoms with van der Waals surface area (Å²) in [6, 6.07) is 7.89. The van der Waals surface area contributed by atoms with E-state index in [0.29, 0.717) is 12.0 Å². The van der Waals surface area contributed by atoms with Gasteiger partial charge in [0.15, 0.2) is 0 Å². The molecule has 1 aliphatic heterocycles. The molecule has 8 amide bonds. The van der Waals surface area contributed by atoms with Gasteiger partial charge in [0.25, 0.3) is 0 Å². The van der Waals surface area contributed by atoms with Gasteiger partial charge in [-0.2, -0.15) is 0 Å². The molecular weight excluding hydrogens is 768 g/mol. The van der Waals surface area contributed by atoms with E-state index in [1.54, 1.807) is 54.7 Å². The summed E-state index contributed by atoms with van der Waals surface area (Å²) in [7, 11) is 0. The zero-order valence-electron chi connectivity index (χ0n) is 32.7. The third-order valence-electron chi connectivity index (χ3n) is 9.82. The molecule has 8 atom stereocenters. The number of nitrogens with zero attached hydrogens (tertiary/aromatic N) is 1. The lowest BCUT2D eigenvalue weighted by molar-refractivity contribution is -0.144. The first-order valence-corrected chi connectivity index (χ1v) is 19.0. The van der Waals surface area contributed by atoms with Gasteiger partial charge in [-0.3, -0.25) is 38.4 Å². The quantitative estimate of drug-likeness (QED) is 0.0530. The normalized spacial score (nSPS) is 17.3. The van der Waals surface area contributed by atoms with Gasteiger partial charge in [-0.25, -0.2) is 0 Å². The van der Waals surface area contributed by atoms with Crippen molar-refractivity contribution in [1.82, 2.24) is 36.5 Å². The molecule has 1 aliphatic rings. The summed E-state index contributed by atoms with van der Waals surface area (Å²) < 4.78 is 0. The van der Waals surface area contributed by atoms with Gasteiger partial charge in [0, 0.05) is 30.1 Å². The second kappa shape index (κ2) is 20.9. The molecule has 20 nitrogen and oxygen atoms in total. The smallest absolute Gasteiger partial charge is 0.248 e. The summed E-state index contributed by atoms with van der Waals surface area (Å²) in [6.45, 7) is 1.92. The fraction of sp³-hybridized carbons (Fsp3) is 0.436. The van der Waals surface area contributed by atoms with Crippen molar-refractivity contribution in [2.24, 2.45) is 17.2 Å². The number of rotatable bonds is 20. The summed E-state index contributed by atoms with van der Waals surface area (Å²) in [4.78, 5) is 109. The summed E-state index contributed by atoms with van der Waals surface area (Å²) in [5.41, 5.74) is 18.9. The molecule has 1 aromatic heterocycles. The predicted molar refractivity (Wildman–Crippen MR) is 212 cm³/mol.